The van der Waals surface area contributed by atoms with Crippen LogP contribution in [0.15, 0.2) is 6.33 Å². The van der Waals surface area contributed by atoms with E-state index in [1.54, 1.807) is 6.33 Å². The molecule has 2 fully saturated rings. The van der Waals surface area contributed by atoms with Crippen LogP contribution in [-0.2, 0) is 17.7 Å². The van der Waals surface area contributed by atoms with E-state index in [0.29, 0.717) is 12.0 Å². The fraction of sp³-hybridized carbons (Fsp3) is 0.750. The molecule has 0 N–H and O–H groups in total. The Hall–Kier alpha value is -1.73. The lowest BCUT2D eigenvalue weighted by Crippen LogP contribution is -2.61. The summed E-state index contributed by atoms with van der Waals surface area (Å²) in [5.41, 5.74) is 2.15. The molecule has 0 aromatic carbocycles. The molecule has 0 saturated carbocycles. The highest BCUT2D eigenvalue weighted by atomic mass is 16.5. The highest BCUT2D eigenvalue weighted by molar-refractivity contribution is 5.90. The number of aryl methyl sites for hydroxylation is 1. The minimum atomic E-state index is 0.563. The fourth-order valence-corrected chi connectivity index (χ4v) is 4.10. The van der Waals surface area contributed by atoms with Gasteiger partial charge in [-0.15, -0.1) is 0 Å². The zero-order valence-electron chi connectivity index (χ0n) is 16.9. The highest BCUT2D eigenvalue weighted by Crippen LogP contribution is 2.32. The molecule has 0 radical (unpaired) electrons. The lowest BCUT2D eigenvalue weighted by molar-refractivity contribution is 0.0105. The molecule has 2 aliphatic heterocycles. The van der Waals surface area contributed by atoms with E-state index in [1.807, 2.05) is 0 Å². The van der Waals surface area contributed by atoms with Crippen molar-refractivity contribution in [2.45, 2.75) is 52.6 Å². The third kappa shape index (κ3) is 3.80. The molecule has 2 aliphatic rings. The Balaban J connectivity index is 1.59. The van der Waals surface area contributed by atoms with Crippen LogP contribution in [0, 0.1) is 5.92 Å². The molecular weight excluding hydrogens is 340 g/mol. The molecule has 27 heavy (non-hydrogen) atoms. The fourth-order valence-electron chi connectivity index (χ4n) is 4.10. The van der Waals surface area contributed by atoms with Gasteiger partial charge in [0.25, 0.3) is 0 Å². The van der Waals surface area contributed by atoms with E-state index < -0.39 is 0 Å². The third-order valence-electron chi connectivity index (χ3n) is 5.63. The van der Waals surface area contributed by atoms with Gasteiger partial charge < -0.3 is 9.64 Å². The number of nitrogens with zero attached hydrogens (tertiary/aromatic N) is 6. The van der Waals surface area contributed by atoms with Crippen LogP contribution < -0.4 is 4.90 Å². The van der Waals surface area contributed by atoms with Gasteiger partial charge >= 0.3 is 0 Å². The van der Waals surface area contributed by atoms with Gasteiger partial charge in [-0.25, -0.2) is 14.6 Å². The first-order chi connectivity index (χ1) is 13.2. The lowest BCUT2D eigenvalue weighted by Gasteiger charge is -2.47. The summed E-state index contributed by atoms with van der Waals surface area (Å²) in [7, 11) is 0. The second-order valence-electron chi connectivity index (χ2n) is 8.22. The summed E-state index contributed by atoms with van der Waals surface area (Å²) in [5.74, 6) is 1.64. The van der Waals surface area contributed by atoms with Gasteiger partial charge in [0.1, 0.15) is 12.1 Å². The predicted octanol–water partition coefficient (Wildman–Crippen LogP) is 2.35. The number of morpholine rings is 1. The van der Waals surface area contributed by atoms with E-state index in [4.69, 9.17) is 9.84 Å². The average molecular weight is 373 g/mol. The molecule has 7 heteroatoms. The predicted molar refractivity (Wildman–Crippen MR) is 107 cm³/mol. The molecule has 2 saturated heterocycles. The Labute approximate surface area is 161 Å². The first kappa shape index (κ1) is 18.6. The molecule has 2 aromatic heterocycles. The van der Waals surface area contributed by atoms with Crippen LogP contribution in [0.2, 0.25) is 0 Å². The van der Waals surface area contributed by atoms with Crippen molar-refractivity contribution in [2.75, 3.05) is 44.3 Å². The zero-order valence-corrected chi connectivity index (χ0v) is 16.9. The van der Waals surface area contributed by atoms with Crippen molar-refractivity contribution in [3.63, 3.8) is 0 Å². The Morgan fingerprint density at radius 2 is 1.96 bits per heavy atom. The Bertz CT molecular complexity index is 761. The molecule has 0 amide bonds. The molecule has 0 unspecified atom stereocenters. The standard InChI is InChI=1S/C20H32N6O/c1-4-5-6-26-20-18(17(23-26)11-15(2)3)19(21-14-22-20)25-12-16(13-25)24-7-9-27-10-8-24/h14-16H,4-13H2,1-3H3. The molecular formula is C20H32N6O. The van der Waals surface area contributed by atoms with Crippen LogP contribution in [0.1, 0.15) is 39.3 Å². The second-order valence-corrected chi connectivity index (χ2v) is 8.22. The number of fused-ring (bicyclic) bond motifs is 1. The number of hydrogen-bond donors (Lipinski definition) is 0. The maximum atomic E-state index is 5.49. The molecule has 0 bridgehead atoms. The minimum absolute atomic E-state index is 0.563. The van der Waals surface area contributed by atoms with Crippen molar-refractivity contribution in [3.8, 4) is 0 Å². The van der Waals surface area contributed by atoms with Gasteiger partial charge in [-0.1, -0.05) is 27.2 Å². The molecule has 148 valence electrons. The van der Waals surface area contributed by atoms with Crippen molar-refractivity contribution in [2.24, 2.45) is 5.92 Å². The smallest absolute Gasteiger partial charge is 0.163 e. The minimum Gasteiger partial charge on any atom is -0.379 e. The van der Waals surface area contributed by atoms with Crippen LogP contribution >= 0.6 is 0 Å². The van der Waals surface area contributed by atoms with Crippen LogP contribution in [0.25, 0.3) is 11.0 Å². The maximum absolute atomic E-state index is 5.49. The van der Waals surface area contributed by atoms with Gasteiger partial charge in [-0.3, -0.25) is 4.90 Å². The van der Waals surface area contributed by atoms with Gasteiger partial charge in [0, 0.05) is 38.8 Å². The van der Waals surface area contributed by atoms with Gasteiger partial charge in [0.05, 0.1) is 24.3 Å². The average Bonchev–Trinajstić information content (AvgIpc) is 2.97. The summed E-state index contributed by atoms with van der Waals surface area (Å²) < 4.78 is 7.59. The monoisotopic (exact) mass is 372 g/mol. The maximum Gasteiger partial charge on any atom is 0.163 e. The van der Waals surface area contributed by atoms with E-state index in [2.05, 4.69) is 45.2 Å². The van der Waals surface area contributed by atoms with Crippen molar-refractivity contribution >= 4 is 16.9 Å². The van der Waals surface area contributed by atoms with Gasteiger partial charge in [0.2, 0.25) is 0 Å². The van der Waals surface area contributed by atoms with E-state index >= 15 is 0 Å². The Morgan fingerprint density at radius 3 is 2.67 bits per heavy atom. The molecule has 2 aromatic rings. The molecule has 7 nitrogen and oxygen atoms in total. The largest absolute Gasteiger partial charge is 0.379 e. The lowest BCUT2D eigenvalue weighted by atomic mass is 10.0. The van der Waals surface area contributed by atoms with Crippen molar-refractivity contribution in [1.29, 1.82) is 0 Å². The van der Waals surface area contributed by atoms with Crippen LogP contribution in [-0.4, -0.2) is 70.1 Å². The normalized spacial score (nSPS) is 19.2. The number of hydrogen-bond acceptors (Lipinski definition) is 6. The van der Waals surface area contributed by atoms with Crippen LogP contribution in [0.3, 0.4) is 0 Å². The van der Waals surface area contributed by atoms with E-state index in [9.17, 15) is 0 Å². The molecule has 4 heterocycles. The first-order valence-electron chi connectivity index (χ1n) is 10.4. The van der Waals surface area contributed by atoms with Crippen molar-refractivity contribution in [3.05, 3.63) is 12.0 Å². The topological polar surface area (TPSA) is 59.3 Å². The summed E-state index contributed by atoms with van der Waals surface area (Å²) >= 11 is 0. The van der Waals surface area contributed by atoms with Gasteiger partial charge in [-0.05, 0) is 18.8 Å². The molecule has 0 spiro atoms. The summed E-state index contributed by atoms with van der Waals surface area (Å²) in [5, 5.41) is 6.11. The van der Waals surface area contributed by atoms with Crippen LogP contribution in [0.4, 0.5) is 5.82 Å². The molecule has 0 atom stereocenters. The summed E-state index contributed by atoms with van der Waals surface area (Å²) in [6, 6.07) is 0.614. The van der Waals surface area contributed by atoms with E-state index in [1.165, 1.54) is 5.39 Å². The summed E-state index contributed by atoms with van der Waals surface area (Å²) in [6.45, 7) is 13.5. The summed E-state index contributed by atoms with van der Waals surface area (Å²) in [4.78, 5) is 14.3. The second kappa shape index (κ2) is 8.10. The van der Waals surface area contributed by atoms with Gasteiger partial charge in [-0.2, -0.15) is 5.10 Å². The summed E-state index contributed by atoms with van der Waals surface area (Å²) in [6.07, 6.45) is 4.96. The Kier molecular flexibility index (Phi) is 5.59. The Morgan fingerprint density at radius 1 is 1.19 bits per heavy atom. The first-order valence-corrected chi connectivity index (χ1v) is 10.4. The number of unbranched alkanes of at least 4 members (excludes halogenated alkanes) is 1. The SMILES string of the molecule is CCCCn1nc(CC(C)C)c2c(N3CC(N4CCOCC4)C3)ncnc21. The van der Waals surface area contributed by atoms with E-state index in [-0.39, 0.29) is 0 Å². The van der Waals surface area contributed by atoms with Crippen LogP contribution in [0.5, 0.6) is 0 Å². The number of anilines is 1. The van der Waals surface area contributed by atoms with Gasteiger partial charge in [0.15, 0.2) is 5.65 Å². The van der Waals surface area contributed by atoms with Crippen molar-refractivity contribution in [1.82, 2.24) is 24.6 Å². The highest BCUT2D eigenvalue weighted by Gasteiger charge is 2.35. The zero-order chi connectivity index (χ0) is 18.8. The third-order valence-corrected chi connectivity index (χ3v) is 5.63. The number of rotatable bonds is 7. The number of aromatic nitrogens is 4. The quantitative estimate of drug-likeness (QED) is 0.744. The van der Waals surface area contributed by atoms with E-state index in [0.717, 1.165) is 82.4 Å². The van der Waals surface area contributed by atoms with Crippen molar-refractivity contribution < 1.29 is 4.74 Å². The molecule has 4 rings (SSSR count). The molecule has 0 aliphatic carbocycles. The number of ether oxygens (including phenoxy) is 1.